The zero-order valence-corrected chi connectivity index (χ0v) is 9.51. The molecule has 1 heterocycles. The van der Waals surface area contributed by atoms with Crippen LogP contribution in [0.1, 0.15) is 39.5 Å². The van der Waals surface area contributed by atoms with Crippen molar-refractivity contribution in [1.29, 1.82) is 0 Å². The summed E-state index contributed by atoms with van der Waals surface area (Å²) in [7, 11) is 0. The van der Waals surface area contributed by atoms with Crippen LogP contribution in [0.3, 0.4) is 0 Å². The molecule has 0 aromatic heterocycles. The maximum atomic E-state index is 5.41. The van der Waals surface area contributed by atoms with Crippen molar-refractivity contribution < 1.29 is 4.74 Å². The summed E-state index contributed by atoms with van der Waals surface area (Å²) < 4.78 is 5.41. The molecule has 0 amide bonds. The Hall–Kier alpha value is -0.0800. The third-order valence-corrected chi connectivity index (χ3v) is 4.08. The van der Waals surface area contributed by atoms with Crippen molar-refractivity contribution in [2.75, 3.05) is 19.8 Å². The van der Waals surface area contributed by atoms with Crippen LogP contribution < -0.4 is 5.32 Å². The number of hydrogen-bond donors (Lipinski definition) is 1. The Kier molecular flexibility index (Phi) is 3.13. The summed E-state index contributed by atoms with van der Waals surface area (Å²) in [5.41, 5.74) is 0.605. The van der Waals surface area contributed by atoms with Crippen molar-refractivity contribution in [2.24, 2.45) is 11.3 Å². The third-order valence-electron chi connectivity index (χ3n) is 4.08. The van der Waals surface area contributed by atoms with Gasteiger partial charge in [-0.25, -0.2) is 0 Å². The molecule has 0 radical (unpaired) electrons. The minimum Gasteiger partial charge on any atom is -0.381 e. The van der Waals surface area contributed by atoms with Gasteiger partial charge in [-0.05, 0) is 37.5 Å². The first-order valence-electron chi connectivity index (χ1n) is 6.01. The summed E-state index contributed by atoms with van der Waals surface area (Å²) in [5.74, 6) is 0.749. The van der Waals surface area contributed by atoms with Gasteiger partial charge in [0.15, 0.2) is 0 Å². The molecule has 1 saturated heterocycles. The lowest BCUT2D eigenvalue weighted by atomic mass is 9.70. The van der Waals surface area contributed by atoms with Gasteiger partial charge in [0.2, 0.25) is 0 Å². The third kappa shape index (κ3) is 2.29. The summed E-state index contributed by atoms with van der Waals surface area (Å²) in [5, 5.41) is 3.69. The zero-order valence-electron chi connectivity index (χ0n) is 9.51. The molecule has 1 aliphatic heterocycles. The molecular formula is C12H23NO. The normalized spacial score (nSPS) is 32.6. The number of nitrogens with one attached hydrogen (secondary N) is 1. The lowest BCUT2D eigenvalue weighted by Crippen LogP contribution is -2.43. The molecule has 2 heteroatoms. The summed E-state index contributed by atoms with van der Waals surface area (Å²) >= 11 is 0. The molecule has 2 unspecified atom stereocenters. The summed E-state index contributed by atoms with van der Waals surface area (Å²) in [6.07, 6.45) is 5.49. The van der Waals surface area contributed by atoms with Crippen molar-refractivity contribution >= 4 is 0 Å². The highest BCUT2D eigenvalue weighted by Gasteiger charge is 2.32. The van der Waals surface area contributed by atoms with Crippen molar-refractivity contribution in [2.45, 2.75) is 45.6 Å². The summed E-state index contributed by atoms with van der Waals surface area (Å²) in [4.78, 5) is 0. The van der Waals surface area contributed by atoms with E-state index < -0.39 is 0 Å². The van der Waals surface area contributed by atoms with Gasteiger partial charge in [0.25, 0.3) is 0 Å². The molecular weight excluding hydrogens is 174 g/mol. The van der Waals surface area contributed by atoms with Crippen LogP contribution in [0.4, 0.5) is 0 Å². The second-order valence-electron chi connectivity index (χ2n) is 5.46. The maximum Gasteiger partial charge on any atom is 0.0509 e. The Morgan fingerprint density at radius 2 is 2.29 bits per heavy atom. The van der Waals surface area contributed by atoms with E-state index in [-0.39, 0.29) is 0 Å². The van der Waals surface area contributed by atoms with Crippen molar-refractivity contribution in [1.82, 2.24) is 5.32 Å². The van der Waals surface area contributed by atoms with Crippen LogP contribution in [0.2, 0.25) is 0 Å². The fraction of sp³-hybridized carbons (Fsp3) is 1.00. The first kappa shape index (κ1) is 10.4. The molecule has 0 bridgehead atoms. The van der Waals surface area contributed by atoms with Crippen molar-refractivity contribution in [3.05, 3.63) is 0 Å². The maximum absolute atomic E-state index is 5.41. The second-order valence-corrected chi connectivity index (χ2v) is 5.46. The fourth-order valence-electron chi connectivity index (χ4n) is 2.48. The van der Waals surface area contributed by atoms with E-state index in [1.165, 1.54) is 32.2 Å². The monoisotopic (exact) mass is 197 g/mol. The minimum atomic E-state index is 0.605. The molecule has 82 valence electrons. The van der Waals surface area contributed by atoms with Crippen LogP contribution in [0.5, 0.6) is 0 Å². The Balaban J connectivity index is 1.68. The van der Waals surface area contributed by atoms with Gasteiger partial charge in [-0.15, -0.1) is 0 Å². The van der Waals surface area contributed by atoms with Crippen LogP contribution in [0, 0.1) is 11.3 Å². The number of ether oxygens (including phenoxy) is 1. The Morgan fingerprint density at radius 3 is 2.79 bits per heavy atom. The van der Waals surface area contributed by atoms with E-state index >= 15 is 0 Å². The predicted molar refractivity (Wildman–Crippen MR) is 58.3 cm³/mol. The highest BCUT2D eigenvalue weighted by atomic mass is 16.5. The van der Waals surface area contributed by atoms with Gasteiger partial charge in [0, 0.05) is 19.2 Å². The summed E-state index contributed by atoms with van der Waals surface area (Å²) in [6, 6.07) is 0.634. The number of hydrogen-bond acceptors (Lipinski definition) is 2. The smallest absolute Gasteiger partial charge is 0.0509 e. The van der Waals surface area contributed by atoms with Gasteiger partial charge < -0.3 is 10.1 Å². The van der Waals surface area contributed by atoms with E-state index in [9.17, 15) is 0 Å². The zero-order chi connectivity index (χ0) is 10.0. The molecule has 0 aromatic rings. The van der Waals surface area contributed by atoms with Crippen LogP contribution in [-0.2, 0) is 4.74 Å². The van der Waals surface area contributed by atoms with E-state index in [1.54, 1.807) is 0 Å². The second kappa shape index (κ2) is 4.19. The van der Waals surface area contributed by atoms with Gasteiger partial charge in [-0.1, -0.05) is 13.3 Å². The Bertz CT molecular complexity index is 183. The van der Waals surface area contributed by atoms with Gasteiger partial charge in [-0.3, -0.25) is 0 Å². The molecule has 1 saturated carbocycles. The molecule has 2 fully saturated rings. The average molecular weight is 197 g/mol. The highest BCUT2D eigenvalue weighted by Crippen LogP contribution is 2.39. The minimum absolute atomic E-state index is 0.605. The molecule has 0 spiro atoms. The first-order chi connectivity index (χ1) is 6.70. The van der Waals surface area contributed by atoms with Crippen LogP contribution >= 0.6 is 0 Å². The molecule has 0 aromatic carbocycles. The standard InChI is InChI=1S/C12H23NO/c1-10(11-4-7-14-8-11)13-9-12(2)5-3-6-12/h10-11,13H,3-9H2,1-2H3. The number of rotatable bonds is 4. The van der Waals surface area contributed by atoms with E-state index in [4.69, 9.17) is 4.74 Å². The topological polar surface area (TPSA) is 21.3 Å². The summed E-state index contributed by atoms with van der Waals surface area (Å²) in [6.45, 7) is 7.84. The fourth-order valence-corrected chi connectivity index (χ4v) is 2.48. The van der Waals surface area contributed by atoms with Crippen molar-refractivity contribution in [3.63, 3.8) is 0 Å². The van der Waals surface area contributed by atoms with Gasteiger partial charge in [0.05, 0.1) is 6.61 Å². The lowest BCUT2D eigenvalue weighted by Gasteiger charge is -2.40. The van der Waals surface area contributed by atoms with E-state index in [1.807, 2.05) is 0 Å². The average Bonchev–Trinajstić information content (AvgIpc) is 2.63. The molecule has 2 nitrogen and oxygen atoms in total. The van der Waals surface area contributed by atoms with Gasteiger partial charge >= 0.3 is 0 Å². The van der Waals surface area contributed by atoms with Crippen LogP contribution in [0.15, 0.2) is 0 Å². The Morgan fingerprint density at radius 1 is 1.50 bits per heavy atom. The quantitative estimate of drug-likeness (QED) is 0.746. The van der Waals surface area contributed by atoms with Crippen molar-refractivity contribution in [3.8, 4) is 0 Å². The van der Waals surface area contributed by atoms with Gasteiger partial charge in [-0.2, -0.15) is 0 Å². The molecule has 1 aliphatic carbocycles. The Labute approximate surface area is 87.4 Å². The highest BCUT2D eigenvalue weighted by molar-refractivity contribution is 4.87. The lowest BCUT2D eigenvalue weighted by molar-refractivity contribution is 0.139. The SMILES string of the molecule is CC(NCC1(C)CCC1)C1CCOC1. The van der Waals surface area contributed by atoms with Gasteiger partial charge in [0.1, 0.15) is 0 Å². The molecule has 2 rings (SSSR count). The largest absolute Gasteiger partial charge is 0.381 e. The first-order valence-corrected chi connectivity index (χ1v) is 6.01. The molecule has 2 atom stereocenters. The molecule has 14 heavy (non-hydrogen) atoms. The van der Waals surface area contributed by atoms with Crippen LogP contribution in [0.25, 0.3) is 0 Å². The van der Waals surface area contributed by atoms with E-state index in [0.717, 1.165) is 19.1 Å². The molecule has 1 N–H and O–H groups in total. The van der Waals surface area contributed by atoms with E-state index in [0.29, 0.717) is 11.5 Å². The molecule has 2 aliphatic rings. The van der Waals surface area contributed by atoms with E-state index in [2.05, 4.69) is 19.2 Å². The van der Waals surface area contributed by atoms with Crippen LogP contribution in [-0.4, -0.2) is 25.8 Å². The predicted octanol–water partition coefficient (Wildman–Crippen LogP) is 2.19.